The summed E-state index contributed by atoms with van der Waals surface area (Å²) in [7, 11) is -3.27. The summed E-state index contributed by atoms with van der Waals surface area (Å²) in [6, 6.07) is 7.58. The largest absolute Gasteiger partial charge is 0.385 e. The second kappa shape index (κ2) is 7.87. The number of benzene rings is 1. The normalized spacial score (nSPS) is 21.8. The van der Waals surface area contributed by atoms with Crippen molar-refractivity contribution in [3.8, 4) is 0 Å². The quantitative estimate of drug-likeness (QED) is 0.755. The lowest BCUT2D eigenvalue weighted by atomic mass is 9.86. The summed E-state index contributed by atoms with van der Waals surface area (Å²) >= 11 is 0. The molecule has 0 amide bonds. The van der Waals surface area contributed by atoms with Gasteiger partial charge in [0.1, 0.15) is 0 Å². The summed E-state index contributed by atoms with van der Waals surface area (Å²) in [5.41, 5.74) is 1.73. The summed E-state index contributed by atoms with van der Waals surface area (Å²) in [6.07, 6.45) is 3.78. The van der Waals surface area contributed by atoms with Gasteiger partial charge < -0.3 is 5.32 Å². The fourth-order valence-corrected chi connectivity index (χ4v) is 3.99. The fourth-order valence-electron chi connectivity index (χ4n) is 2.97. The van der Waals surface area contributed by atoms with Crippen LogP contribution in [-0.4, -0.2) is 31.5 Å². The first kappa shape index (κ1) is 19.9. The van der Waals surface area contributed by atoms with Crippen LogP contribution in [0.1, 0.15) is 63.7 Å². The Hall–Kier alpha value is -1.40. The molecule has 0 heterocycles. The highest BCUT2D eigenvalue weighted by Gasteiger charge is 2.32. The maximum absolute atomic E-state index is 12.2. The van der Waals surface area contributed by atoms with Gasteiger partial charge in [-0.05, 0) is 83.6 Å². The van der Waals surface area contributed by atoms with Crippen molar-refractivity contribution in [2.24, 2.45) is 5.92 Å². The van der Waals surface area contributed by atoms with E-state index in [-0.39, 0.29) is 11.8 Å². The first-order valence-corrected chi connectivity index (χ1v) is 10.4. The molecule has 2 N–H and O–H groups in total. The van der Waals surface area contributed by atoms with Crippen LogP contribution < -0.4 is 10.0 Å². The second-order valence-electron chi connectivity index (χ2n) is 7.97. The minimum absolute atomic E-state index is 0.0512. The van der Waals surface area contributed by atoms with Gasteiger partial charge in [0.2, 0.25) is 10.0 Å². The fraction of sp³-hybridized carbons (Fsp3) is 0.632. The smallest absolute Gasteiger partial charge is 0.216 e. The average Bonchev–Trinajstić information content (AvgIpc) is 2.53. The number of nitrogens with one attached hydrogen (secondary N) is 2. The molecule has 1 aromatic carbocycles. The molecule has 1 aromatic rings. The SMILES string of the molecule is CC(=O)c1ccc(NCC2CCC(NS(=O)(=O)C(C)(C)C)CC2)cc1. The van der Waals surface area contributed by atoms with Crippen LogP contribution in [0.4, 0.5) is 5.69 Å². The Labute approximate surface area is 151 Å². The van der Waals surface area contributed by atoms with E-state index in [0.29, 0.717) is 5.92 Å². The van der Waals surface area contributed by atoms with Gasteiger partial charge in [-0.15, -0.1) is 0 Å². The minimum atomic E-state index is -3.27. The zero-order chi connectivity index (χ0) is 18.7. The van der Waals surface area contributed by atoms with Crippen LogP contribution in [0.5, 0.6) is 0 Å². The first-order valence-electron chi connectivity index (χ1n) is 8.95. The maximum Gasteiger partial charge on any atom is 0.216 e. The van der Waals surface area contributed by atoms with Gasteiger partial charge in [-0.25, -0.2) is 13.1 Å². The molecule has 1 aliphatic rings. The predicted octanol–water partition coefficient (Wildman–Crippen LogP) is 3.58. The van der Waals surface area contributed by atoms with E-state index >= 15 is 0 Å². The summed E-state index contributed by atoms with van der Waals surface area (Å²) in [5, 5.41) is 3.42. The van der Waals surface area contributed by atoms with Gasteiger partial charge in [-0.3, -0.25) is 4.79 Å². The van der Waals surface area contributed by atoms with E-state index in [4.69, 9.17) is 0 Å². The van der Waals surface area contributed by atoms with Gasteiger partial charge in [0.05, 0.1) is 4.75 Å². The van der Waals surface area contributed by atoms with E-state index < -0.39 is 14.8 Å². The van der Waals surface area contributed by atoms with E-state index in [1.54, 1.807) is 27.7 Å². The molecule has 25 heavy (non-hydrogen) atoms. The number of rotatable bonds is 6. The van der Waals surface area contributed by atoms with Crippen molar-refractivity contribution in [2.45, 2.75) is 64.2 Å². The van der Waals surface area contributed by atoms with Gasteiger partial charge in [0.15, 0.2) is 5.78 Å². The van der Waals surface area contributed by atoms with Crippen LogP contribution in [0.3, 0.4) is 0 Å². The lowest BCUT2D eigenvalue weighted by Gasteiger charge is -2.31. The topological polar surface area (TPSA) is 75.3 Å². The van der Waals surface area contributed by atoms with E-state index in [9.17, 15) is 13.2 Å². The molecule has 5 nitrogen and oxygen atoms in total. The zero-order valence-electron chi connectivity index (χ0n) is 15.6. The average molecular weight is 367 g/mol. The molecule has 1 saturated carbocycles. The number of carbonyl (C=O) groups is 1. The van der Waals surface area contributed by atoms with Crippen LogP contribution in [0.15, 0.2) is 24.3 Å². The number of hydrogen-bond donors (Lipinski definition) is 2. The van der Waals surface area contributed by atoms with Crippen molar-refractivity contribution >= 4 is 21.5 Å². The van der Waals surface area contributed by atoms with Crippen molar-refractivity contribution in [1.29, 1.82) is 0 Å². The standard InChI is InChI=1S/C19H30N2O3S/c1-14(22)16-7-11-17(12-8-16)20-13-15-5-9-18(10-6-15)21-25(23,24)19(2,3)4/h7-8,11-12,15,18,20-21H,5-6,9-10,13H2,1-4H3. The molecule has 0 aromatic heterocycles. The molecule has 1 aliphatic carbocycles. The molecule has 1 fully saturated rings. The molecule has 0 atom stereocenters. The molecule has 140 valence electrons. The Morgan fingerprint density at radius 2 is 1.64 bits per heavy atom. The number of Topliss-reactive ketones (excluding diaryl/α,β-unsaturated/α-hetero) is 1. The van der Waals surface area contributed by atoms with Crippen LogP contribution in [0.25, 0.3) is 0 Å². The van der Waals surface area contributed by atoms with Crippen molar-refractivity contribution in [3.63, 3.8) is 0 Å². The van der Waals surface area contributed by atoms with Gasteiger partial charge in [0.25, 0.3) is 0 Å². The molecule has 2 rings (SSSR count). The first-order chi connectivity index (χ1) is 11.6. The third-order valence-electron chi connectivity index (χ3n) is 4.86. The Morgan fingerprint density at radius 1 is 1.08 bits per heavy atom. The predicted molar refractivity (Wildman–Crippen MR) is 102 cm³/mol. The van der Waals surface area contributed by atoms with Crippen molar-refractivity contribution in [3.05, 3.63) is 29.8 Å². The maximum atomic E-state index is 12.2. The summed E-state index contributed by atoms with van der Waals surface area (Å²) in [4.78, 5) is 11.3. The molecule has 0 saturated heterocycles. The second-order valence-corrected chi connectivity index (χ2v) is 10.4. The number of anilines is 1. The van der Waals surface area contributed by atoms with E-state index in [0.717, 1.165) is 43.5 Å². The monoisotopic (exact) mass is 366 g/mol. The van der Waals surface area contributed by atoms with Crippen LogP contribution in [0.2, 0.25) is 0 Å². The molecular formula is C19H30N2O3S. The third kappa shape index (κ3) is 5.54. The lowest BCUT2D eigenvalue weighted by molar-refractivity contribution is 0.101. The third-order valence-corrected chi connectivity index (χ3v) is 7.12. The molecule has 0 aliphatic heterocycles. The van der Waals surface area contributed by atoms with E-state index in [1.807, 2.05) is 24.3 Å². The summed E-state index contributed by atoms with van der Waals surface area (Å²) < 4.78 is 26.6. The lowest BCUT2D eigenvalue weighted by Crippen LogP contribution is -2.46. The molecule has 6 heteroatoms. The van der Waals surface area contributed by atoms with Crippen LogP contribution in [-0.2, 0) is 10.0 Å². The molecule has 0 spiro atoms. The van der Waals surface area contributed by atoms with Crippen LogP contribution >= 0.6 is 0 Å². The number of sulfonamides is 1. The molecule has 0 radical (unpaired) electrons. The number of ketones is 1. The number of carbonyl (C=O) groups excluding carboxylic acids is 1. The highest BCUT2D eigenvalue weighted by Crippen LogP contribution is 2.26. The Balaban J connectivity index is 1.78. The Morgan fingerprint density at radius 3 is 2.12 bits per heavy atom. The van der Waals surface area contributed by atoms with Gasteiger partial charge in [-0.1, -0.05) is 0 Å². The van der Waals surface area contributed by atoms with Gasteiger partial charge in [0, 0.05) is 23.8 Å². The van der Waals surface area contributed by atoms with E-state index in [2.05, 4.69) is 10.0 Å². The highest BCUT2D eigenvalue weighted by atomic mass is 32.2. The van der Waals surface area contributed by atoms with Crippen LogP contribution in [0, 0.1) is 5.92 Å². The molecule has 0 unspecified atom stereocenters. The highest BCUT2D eigenvalue weighted by molar-refractivity contribution is 7.90. The minimum Gasteiger partial charge on any atom is -0.385 e. The summed E-state index contributed by atoms with van der Waals surface area (Å²) in [5.74, 6) is 0.616. The van der Waals surface area contributed by atoms with Gasteiger partial charge in [-0.2, -0.15) is 0 Å². The molecular weight excluding hydrogens is 336 g/mol. The van der Waals surface area contributed by atoms with Crippen molar-refractivity contribution < 1.29 is 13.2 Å². The zero-order valence-corrected chi connectivity index (χ0v) is 16.4. The Kier molecular flexibility index (Phi) is 6.27. The Bertz CT molecular complexity index is 682. The molecule has 0 bridgehead atoms. The van der Waals surface area contributed by atoms with E-state index in [1.165, 1.54) is 0 Å². The van der Waals surface area contributed by atoms with Crippen molar-refractivity contribution in [1.82, 2.24) is 4.72 Å². The number of hydrogen-bond acceptors (Lipinski definition) is 4. The summed E-state index contributed by atoms with van der Waals surface area (Å²) in [6.45, 7) is 7.61. The van der Waals surface area contributed by atoms with Crippen molar-refractivity contribution in [2.75, 3.05) is 11.9 Å². The van der Waals surface area contributed by atoms with Gasteiger partial charge >= 0.3 is 0 Å².